The lowest BCUT2D eigenvalue weighted by Gasteiger charge is -2.13. The first-order valence-corrected chi connectivity index (χ1v) is 11.7. The Kier molecular flexibility index (Phi) is 5.28. The number of hydrogen-bond acceptors (Lipinski definition) is 5. The highest BCUT2D eigenvalue weighted by atomic mass is 19.3. The number of ether oxygens (including phenoxy) is 1. The Labute approximate surface area is 208 Å². The summed E-state index contributed by atoms with van der Waals surface area (Å²) in [5, 5.41) is 9.78. The molecule has 1 aliphatic rings. The van der Waals surface area contributed by atoms with E-state index in [1.165, 1.54) is 16.8 Å². The molecule has 3 aromatic heterocycles. The molecule has 37 heavy (non-hydrogen) atoms. The topological polar surface area (TPSA) is 110 Å². The number of alkyl halides is 2. The molecule has 6 rings (SSSR count). The number of hydrogen-bond donors (Lipinski definition) is 1. The molecule has 0 saturated heterocycles. The molecule has 3 heterocycles. The lowest BCUT2D eigenvalue weighted by atomic mass is 10.1. The third kappa shape index (κ3) is 4.11. The number of nitrogens with two attached hydrogens (primary N) is 1. The summed E-state index contributed by atoms with van der Waals surface area (Å²) >= 11 is 0. The van der Waals surface area contributed by atoms with Gasteiger partial charge in [-0.05, 0) is 54.7 Å². The number of primary amides is 1. The van der Waals surface area contributed by atoms with Gasteiger partial charge in [-0.25, -0.2) is 0 Å². The second kappa shape index (κ2) is 8.54. The fraction of sp³-hybridized carbons (Fsp3) is 0.231. The Morgan fingerprint density at radius 2 is 1.89 bits per heavy atom. The molecule has 1 fully saturated rings. The van der Waals surface area contributed by atoms with Crippen LogP contribution in [0.1, 0.15) is 23.2 Å². The van der Waals surface area contributed by atoms with Crippen LogP contribution in [-0.4, -0.2) is 36.6 Å². The number of aromatic nitrogens is 5. The number of benzene rings is 2. The standard InChI is InChI=1S/C26H22F2N6O3/c1-32-12-16-10-17(6-9-20(16)30-32)34-25(36)21(15-4-7-18(8-5-15)37-26(27)28)23-22(31-34)19(24(29)35)13-33(23)11-14-2-3-14/h4-10,12-14,26H,2-3,11H2,1H3,(H2,29,35). The molecule has 9 nitrogen and oxygen atoms in total. The van der Waals surface area contributed by atoms with Crippen molar-refractivity contribution >= 4 is 27.8 Å². The van der Waals surface area contributed by atoms with Crippen molar-refractivity contribution in [2.45, 2.75) is 26.0 Å². The Hall–Kier alpha value is -4.54. The van der Waals surface area contributed by atoms with E-state index in [2.05, 4.69) is 14.9 Å². The van der Waals surface area contributed by atoms with E-state index in [0.717, 1.165) is 23.7 Å². The molecule has 0 radical (unpaired) electrons. The first-order valence-electron chi connectivity index (χ1n) is 11.7. The molecule has 0 bridgehead atoms. The van der Waals surface area contributed by atoms with Gasteiger partial charge in [0, 0.05) is 31.4 Å². The van der Waals surface area contributed by atoms with Gasteiger partial charge in [-0.15, -0.1) is 0 Å². The smallest absolute Gasteiger partial charge is 0.387 e. The number of carbonyl (C=O) groups excluding carboxylic acids is 1. The molecular formula is C26H22F2N6O3. The van der Waals surface area contributed by atoms with Gasteiger partial charge in [0.15, 0.2) is 0 Å². The molecule has 2 aromatic carbocycles. The molecule has 2 N–H and O–H groups in total. The van der Waals surface area contributed by atoms with Gasteiger partial charge >= 0.3 is 6.61 Å². The van der Waals surface area contributed by atoms with Crippen molar-refractivity contribution in [3.05, 3.63) is 70.8 Å². The fourth-order valence-corrected chi connectivity index (χ4v) is 4.67. The lowest BCUT2D eigenvalue weighted by Crippen LogP contribution is -2.24. The quantitative estimate of drug-likeness (QED) is 0.362. The average molecular weight is 504 g/mol. The van der Waals surface area contributed by atoms with Crippen molar-refractivity contribution in [3.8, 4) is 22.6 Å². The van der Waals surface area contributed by atoms with Gasteiger partial charge in [0.1, 0.15) is 11.3 Å². The predicted octanol–water partition coefficient (Wildman–Crippen LogP) is 3.85. The van der Waals surface area contributed by atoms with E-state index in [1.807, 2.05) is 10.8 Å². The molecule has 0 atom stereocenters. The van der Waals surface area contributed by atoms with E-state index in [-0.39, 0.29) is 16.9 Å². The highest BCUT2D eigenvalue weighted by molar-refractivity contribution is 6.07. The number of aryl methyl sites for hydroxylation is 1. The third-order valence-electron chi connectivity index (χ3n) is 6.53. The van der Waals surface area contributed by atoms with Crippen molar-refractivity contribution < 1.29 is 18.3 Å². The highest BCUT2D eigenvalue weighted by Crippen LogP contribution is 2.35. The zero-order valence-electron chi connectivity index (χ0n) is 19.8. The second-order valence-electron chi connectivity index (χ2n) is 9.24. The summed E-state index contributed by atoms with van der Waals surface area (Å²) in [6, 6.07) is 11.1. The van der Waals surface area contributed by atoms with Crippen molar-refractivity contribution in [2.75, 3.05) is 0 Å². The zero-order valence-corrected chi connectivity index (χ0v) is 19.8. The van der Waals surface area contributed by atoms with E-state index >= 15 is 0 Å². The van der Waals surface area contributed by atoms with Gasteiger partial charge in [0.05, 0.1) is 27.8 Å². The maximum Gasteiger partial charge on any atom is 0.387 e. The number of carbonyl (C=O) groups is 1. The molecule has 1 aliphatic carbocycles. The first kappa shape index (κ1) is 22.9. The minimum Gasteiger partial charge on any atom is -0.435 e. The number of halogens is 2. The van der Waals surface area contributed by atoms with Crippen molar-refractivity contribution in [3.63, 3.8) is 0 Å². The van der Waals surface area contributed by atoms with Crippen molar-refractivity contribution in [1.82, 2.24) is 24.1 Å². The molecule has 0 aliphatic heterocycles. The summed E-state index contributed by atoms with van der Waals surface area (Å²) in [7, 11) is 1.80. The minimum atomic E-state index is -2.97. The van der Waals surface area contributed by atoms with Gasteiger partial charge in [0.2, 0.25) is 0 Å². The summed E-state index contributed by atoms with van der Waals surface area (Å²) in [4.78, 5) is 26.4. The largest absolute Gasteiger partial charge is 0.435 e. The molecule has 188 valence electrons. The van der Waals surface area contributed by atoms with Crippen LogP contribution in [0.5, 0.6) is 5.75 Å². The van der Waals surface area contributed by atoms with Crippen LogP contribution in [0.4, 0.5) is 8.78 Å². The van der Waals surface area contributed by atoms with E-state index in [0.29, 0.717) is 34.7 Å². The number of amides is 1. The van der Waals surface area contributed by atoms with Gasteiger partial charge in [0.25, 0.3) is 11.5 Å². The van der Waals surface area contributed by atoms with Crippen LogP contribution in [0.3, 0.4) is 0 Å². The average Bonchev–Trinajstić information content (AvgIpc) is 3.48. The Morgan fingerprint density at radius 3 is 2.57 bits per heavy atom. The van der Waals surface area contributed by atoms with Crippen LogP contribution in [0.15, 0.2) is 59.7 Å². The monoisotopic (exact) mass is 504 g/mol. The molecule has 1 amide bonds. The minimum absolute atomic E-state index is 0.0300. The summed E-state index contributed by atoms with van der Waals surface area (Å²) < 4.78 is 34.6. The third-order valence-corrected chi connectivity index (χ3v) is 6.53. The maximum absolute atomic E-state index is 14.0. The van der Waals surface area contributed by atoms with E-state index in [1.54, 1.807) is 48.3 Å². The summed E-state index contributed by atoms with van der Waals surface area (Å²) in [5.41, 5.74) is 8.26. The number of rotatable bonds is 7. The van der Waals surface area contributed by atoms with E-state index in [4.69, 9.17) is 5.73 Å². The van der Waals surface area contributed by atoms with Crippen molar-refractivity contribution in [1.29, 1.82) is 0 Å². The van der Waals surface area contributed by atoms with Crippen LogP contribution in [0.2, 0.25) is 0 Å². The summed E-state index contributed by atoms with van der Waals surface area (Å²) in [6.45, 7) is -2.36. The Morgan fingerprint density at radius 1 is 1.14 bits per heavy atom. The SMILES string of the molecule is Cn1cc2cc(-n3nc4c(C(N)=O)cn(CC5CC5)c4c(-c4ccc(OC(F)F)cc4)c3=O)ccc2n1. The van der Waals surface area contributed by atoms with Crippen LogP contribution in [0, 0.1) is 5.92 Å². The van der Waals surface area contributed by atoms with Crippen LogP contribution < -0.4 is 16.0 Å². The van der Waals surface area contributed by atoms with Crippen LogP contribution in [-0.2, 0) is 13.6 Å². The van der Waals surface area contributed by atoms with Gasteiger partial charge in [-0.1, -0.05) is 12.1 Å². The number of fused-ring (bicyclic) bond motifs is 2. The lowest BCUT2D eigenvalue weighted by molar-refractivity contribution is -0.0498. The van der Waals surface area contributed by atoms with E-state index in [9.17, 15) is 18.4 Å². The maximum atomic E-state index is 14.0. The normalized spacial score (nSPS) is 13.6. The summed E-state index contributed by atoms with van der Waals surface area (Å²) in [5.74, 6) is -0.259. The number of nitrogens with zero attached hydrogens (tertiary/aromatic N) is 5. The van der Waals surface area contributed by atoms with Gasteiger partial charge in [-0.2, -0.15) is 23.7 Å². The molecule has 5 aromatic rings. The highest BCUT2D eigenvalue weighted by Gasteiger charge is 2.27. The molecule has 0 unspecified atom stereocenters. The van der Waals surface area contributed by atoms with E-state index < -0.39 is 18.1 Å². The predicted molar refractivity (Wildman–Crippen MR) is 133 cm³/mol. The van der Waals surface area contributed by atoms with Crippen LogP contribution in [0.25, 0.3) is 38.8 Å². The summed E-state index contributed by atoms with van der Waals surface area (Å²) in [6.07, 6.45) is 5.57. The fourth-order valence-electron chi connectivity index (χ4n) is 4.67. The van der Waals surface area contributed by atoms with Crippen LogP contribution >= 0.6 is 0 Å². The molecule has 1 saturated carbocycles. The Balaban J connectivity index is 1.63. The molecular weight excluding hydrogens is 482 g/mol. The molecule has 0 spiro atoms. The van der Waals surface area contributed by atoms with Gasteiger partial charge < -0.3 is 15.0 Å². The van der Waals surface area contributed by atoms with Crippen molar-refractivity contribution in [2.24, 2.45) is 18.7 Å². The second-order valence-corrected chi connectivity index (χ2v) is 9.24. The van der Waals surface area contributed by atoms with Gasteiger partial charge in [-0.3, -0.25) is 14.3 Å². The Bertz CT molecular complexity index is 1730. The first-order chi connectivity index (χ1) is 17.8. The molecule has 11 heteroatoms. The zero-order chi connectivity index (χ0) is 25.8.